The third kappa shape index (κ3) is 4.96. The van der Waals surface area contributed by atoms with Gasteiger partial charge in [-0.15, -0.1) is 0 Å². The van der Waals surface area contributed by atoms with E-state index in [-0.39, 0.29) is 18.7 Å². The van der Waals surface area contributed by atoms with E-state index >= 15 is 0 Å². The molecule has 3 N–H and O–H groups in total. The first-order chi connectivity index (χ1) is 6.93. The lowest BCUT2D eigenvalue weighted by molar-refractivity contribution is 0.0897. The SMILES string of the molecule is CCC(C)N(C)C(CO)C(N)CC(C)C. The average Bonchev–Trinajstić information content (AvgIpc) is 2.16. The van der Waals surface area contributed by atoms with E-state index in [1.54, 1.807) is 0 Å². The lowest BCUT2D eigenvalue weighted by atomic mass is 9.97. The summed E-state index contributed by atoms with van der Waals surface area (Å²) in [6.45, 7) is 8.80. The zero-order chi connectivity index (χ0) is 12.0. The molecule has 0 aliphatic heterocycles. The molecule has 0 aliphatic carbocycles. The van der Waals surface area contributed by atoms with Gasteiger partial charge in [-0.25, -0.2) is 0 Å². The highest BCUT2D eigenvalue weighted by molar-refractivity contribution is 4.83. The smallest absolute Gasteiger partial charge is 0.0601 e. The van der Waals surface area contributed by atoms with Crippen LogP contribution in [-0.2, 0) is 0 Å². The summed E-state index contributed by atoms with van der Waals surface area (Å²) < 4.78 is 0. The minimum atomic E-state index is 0.0639. The van der Waals surface area contributed by atoms with Crippen molar-refractivity contribution in [3.05, 3.63) is 0 Å². The lowest BCUT2D eigenvalue weighted by Crippen LogP contribution is -2.51. The molecule has 92 valence electrons. The summed E-state index contributed by atoms with van der Waals surface area (Å²) in [6.07, 6.45) is 2.05. The Labute approximate surface area is 94.6 Å². The molecule has 3 heteroatoms. The average molecular weight is 216 g/mol. The van der Waals surface area contributed by atoms with E-state index in [0.29, 0.717) is 12.0 Å². The molecule has 0 amide bonds. The Morgan fingerprint density at radius 3 is 2.13 bits per heavy atom. The van der Waals surface area contributed by atoms with Crippen molar-refractivity contribution in [2.75, 3.05) is 13.7 Å². The molecule has 0 bridgehead atoms. The summed E-state index contributed by atoms with van der Waals surface area (Å²) in [5, 5.41) is 9.40. The van der Waals surface area contributed by atoms with Crippen LogP contribution in [0.2, 0.25) is 0 Å². The topological polar surface area (TPSA) is 49.5 Å². The lowest BCUT2D eigenvalue weighted by Gasteiger charge is -2.35. The first-order valence-corrected chi connectivity index (χ1v) is 6.02. The molecular formula is C12H28N2O. The van der Waals surface area contributed by atoms with Gasteiger partial charge in [-0.1, -0.05) is 20.8 Å². The van der Waals surface area contributed by atoms with Gasteiger partial charge in [0, 0.05) is 18.1 Å². The molecule has 0 aromatic rings. The fraction of sp³-hybridized carbons (Fsp3) is 1.00. The van der Waals surface area contributed by atoms with Crippen molar-refractivity contribution in [3.63, 3.8) is 0 Å². The van der Waals surface area contributed by atoms with Gasteiger partial charge in [-0.05, 0) is 32.7 Å². The largest absolute Gasteiger partial charge is 0.395 e. The van der Waals surface area contributed by atoms with E-state index in [9.17, 15) is 5.11 Å². The minimum Gasteiger partial charge on any atom is -0.395 e. The van der Waals surface area contributed by atoms with Crippen molar-refractivity contribution in [2.45, 2.75) is 58.7 Å². The Morgan fingerprint density at radius 2 is 1.80 bits per heavy atom. The fourth-order valence-electron chi connectivity index (χ4n) is 1.88. The molecule has 0 aromatic heterocycles. The number of rotatable bonds is 7. The highest BCUT2D eigenvalue weighted by Crippen LogP contribution is 2.13. The summed E-state index contributed by atoms with van der Waals surface area (Å²) in [7, 11) is 2.05. The molecule has 0 spiro atoms. The van der Waals surface area contributed by atoms with Crippen LogP contribution in [0.5, 0.6) is 0 Å². The van der Waals surface area contributed by atoms with Crippen LogP contribution >= 0.6 is 0 Å². The van der Waals surface area contributed by atoms with Gasteiger partial charge in [0.05, 0.1) is 6.61 Å². The van der Waals surface area contributed by atoms with E-state index < -0.39 is 0 Å². The van der Waals surface area contributed by atoms with Crippen molar-refractivity contribution in [1.29, 1.82) is 0 Å². The van der Waals surface area contributed by atoms with Crippen molar-refractivity contribution >= 4 is 0 Å². The van der Waals surface area contributed by atoms with Crippen LogP contribution in [0.4, 0.5) is 0 Å². The van der Waals surface area contributed by atoms with Gasteiger partial charge in [-0.2, -0.15) is 0 Å². The summed E-state index contributed by atoms with van der Waals surface area (Å²) in [5.41, 5.74) is 6.12. The molecule has 0 radical (unpaired) electrons. The molecule has 3 atom stereocenters. The van der Waals surface area contributed by atoms with Gasteiger partial charge in [0.15, 0.2) is 0 Å². The molecule has 0 fully saturated rings. The Bertz CT molecular complexity index is 162. The summed E-state index contributed by atoms with van der Waals surface area (Å²) in [5.74, 6) is 0.583. The van der Waals surface area contributed by atoms with Crippen LogP contribution in [0, 0.1) is 5.92 Å². The van der Waals surface area contributed by atoms with Crippen LogP contribution in [0.15, 0.2) is 0 Å². The number of aliphatic hydroxyl groups is 1. The second-order valence-corrected chi connectivity index (χ2v) is 4.97. The van der Waals surface area contributed by atoms with Crippen LogP contribution in [0.3, 0.4) is 0 Å². The normalized spacial score (nSPS) is 18.2. The molecule has 0 saturated heterocycles. The number of nitrogens with two attached hydrogens (primary N) is 1. The van der Waals surface area contributed by atoms with Crippen LogP contribution in [-0.4, -0.2) is 41.8 Å². The predicted octanol–water partition coefficient (Wildman–Crippen LogP) is 1.45. The summed E-state index contributed by atoms with van der Waals surface area (Å²) >= 11 is 0. The molecular weight excluding hydrogens is 188 g/mol. The third-order valence-electron chi connectivity index (χ3n) is 3.23. The monoisotopic (exact) mass is 216 g/mol. The van der Waals surface area contributed by atoms with Crippen molar-refractivity contribution in [2.24, 2.45) is 11.7 Å². The van der Waals surface area contributed by atoms with E-state index in [1.165, 1.54) is 0 Å². The predicted molar refractivity (Wildman–Crippen MR) is 65.8 cm³/mol. The number of likely N-dealkylation sites (N-methyl/N-ethyl adjacent to an activating group) is 1. The zero-order valence-electron chi connectivity index (χ0n) is 10.9. The maximum atomic E-state index is 9.40. The number of aliphatic hydroxyl groups excluding tert-OH is 1. The van der Waals surface area contributed by atoms with Gasteiger partial charge < -0.3 is 10.8 Å². The first-order valence-electron chi connectivity index (χ1n) is 6.02. The van der Waals surface area contributed by atoms with Crippen molar-refractivity contribution in [3.8, 4) is 0 Å². The number of hydrogen-bond donors (Lipinski definition) is 2. The second kappa shape index (κ2) is 7.20. The van der Waals surface area contributed by atoms with E-state index in [0.717, 1.165) is 12.8 Å². The molecule has 15 heavy (non-hydrogen) atoms. The van der Waals surface area contributed by atoms with Crippen molar-refractivity contribution < 1.29 is 5.11 Å². The van der Waals surface area contributed by atoms with Gasteiger partial charge in [0.2, 0.25) is 0 Å². The summed E-state index contributed by atoms with van der Waals surface area (Å²) in [4.78, 5) is 2.20. The molecule has 3 nitrogen and oxygen atoms in total. The molecule has 0 saturated carbocycles. The molecule has 0 rings (SSSR count). The van der Waals surface area contributed by atoms with E-state index in [1.807, 2.05) is 0 Å². The quantitative estimate of drug-likeness (QED) is 0.677. The van der Waals surface area contributed by atoms with Gasteiger partial charge in [-0.3, -0.25) is 4.90 Å². The Kier molecular flexibility index (Phi) is 7.14. The molecule has 3 unspecified atom stereocenters. The van der Waals surface area contributed by atoms with Gasteiger partial charge in [0.25, 0.3) is 0 Å². The number of hydrogen-bond acceptors (Lipinski definition) is 3. The molecule has 0 aliphatic rings. The molecule has 0 aromatic carbocycles. The number of nitrogens with zero attached hydrogens (tertiary/aromatic N) is 1. The first kappa shape index (κ1) is 14.9. The Balaban J connectivity index is 4.32. The summed E-state index contributed by atoms with van der Waals surface area (Å²) in [6, 6.07) is 0.622. The highest BCUT2D eigenvalue weighted by Gasteiger charge is 2.24. The van der Waals surface area contributed by atoms with Crippen LogP contribution < -0.4 is 5.73 Å². The van der Waals surface area contributed by atoms with Crippen LogP contribution in [0.25, 0.3) is 0 Å². The Hall–Kier alpha value is -0.120. The standard InChI is InChI=1S/C12H28N2O/c1-6-10(4)14(5)12(8-15)11(13)7-9(2)3/h9-12,15H,6-8,13H2,1-5H3. The fourth-order valence-corrected chi connectivity index (χ4v) is 1.88. The zero-order valence-corrected chi connectivity index (χ0v) is 10.9. The third-order valence-corrected chi connectivity index (χ3v) is 3.23. The maximum absolute atomic E-state index is 9.40. The van der Waals surface area contributed by atoms with Crippen LogP contribution in [0.1, 0.15) is 40.5 Å². The second-order valence-electron chi connectivity index (χ2n) is 4.97. The maximum Gasteiger partial charge on any atom is 0.0601 e. The van der Waals surface area contributed by atoms with Gasteiger partial charge >= 0.3 is 0 Å². The Morgan fingerprint density at radius 1 is 1.27 bits per heavy atom. The minimum absolute atomic E-state index is 0.0639. The van der Waals surface area contributed by atoms with E-state index in [2.05, 4.69) is 39.6 Å². The van der Waals surface area contributed by atoms with Gasteiger partial charge in [0.1, 0.15) is 0 Å². The highest BCUT2D eigenvalue weighted by atomic mass is 16.3. The van der Waals surface area contributed by atoms with Crippen molar-refractivity contribution in [1.82, 2.24) is 4.90 Å². The van der Waals surface area contributed by atoms with E-state index in [4.69, 9.17) is 5.73 Å². The molecule has 0 heterocycles.